The number of pyridine rings is 2. The van der Waals surface area contributed by atoms with Gasteiger partial charge in [0.2, 0.25) is 0 Å². The highest BCUT2D eigenvalue weighted by Gasteiger charge is 2.24. The lowest BCUT2D eigenvalue weighted by Crippen LogP contribution is -2.42. The average molecular weight is 336 g/mol. The number of fused-ring (bicyclic) bond motifs is 1. The van der Waals surface area contributed by atoms with Crippen LogP contribution in [0.5, 0.6) is 0 Å². The number of nitrogens with zero attached hydrogens (tertiary/aromatic N) is 3. The van der Waals surface area contributed by atoms with E-state index in [0.717, 1.165) is 40.6 Å². The van der Waals surface area contributed by atoms with Crippen molar-refractivity contribution in [1.29, 1.82) is 0 Å². The van der Waals surface area contributed by atoms with E-state index in [4.69, 9.17) is 0 Å². The fourth-order valence-electron chi connectivity index (χ4n) is 1.96. The van der Waals surface area contributed by atoms with Gasteiger partial charge in [-0.3, -0.25) is 9.78 Å². The van der Waals surface area contributed by atoms with Crippen molar-refractivity contribution in [3.8, 4) is 0 Å². The molecule has 0 bridgehead atoms. The van der Waals surface area contributed by atoms with Crippen LogP contribution in [-0.2, 0) is 0 Å². The summed E-state index contributed by atoms with van der Waals surface area (Å²) in [5.74, 6) is 0.00416. The van der Waals surface area contributed by atoms with Crippen molar-refractivity contribution in [2.75, 3.05) is 13.1 Å². The molecule has 20 heavy (non-hydrogen) atoms. The Bertz CT molecular complexity index is 638. The predicted octanol–water partition coefficient (Wildman–Crippen LogP) is 3.57. The monoisotopic (exact) mass is 335 g/mol. The summed E-state index contributed by atoms with van der Waals surface area (Å²) in [6.45, 7) is 7.58. The number of hydrogen-bond donors (Lipinski definition) is 0. The van der Waals surface area contributed by atoms with Gasteiger partial charge in [-0.2, -0.15) is 0 Å². The van der Waals surface area contributed by atoms with Crippen LogP contribution in [0.15, 0.2) is 22.8 Å². The minimum absolute atomic E-state index is 0.00416. The van der Waals surface area contributed by atoms with Crippen LogP contribution in [-0.4, -0.2) is 33.9 Å². The van der Waals surface area contributed by atoms with E-state index in [-0.39, 0.29) is 5.91 Å². The highest BCUT2D eigenvalue weighted by molar-refractivity contribution is 9.10. The Kier molecular flexibility index (Phi) is 4.70. The number of aryl methyl sites for hydroxylation is 1. The van der Waals surface area contributed by atoms with Gasteiger partial charge in [0.1, 0.15) is 5.69 Å². The van der Waals surface area contributed by atoms with Crippen LogP contribution in [0.1, 0.15) is 36.5 Å². The molecule has 0 radical (unpaired) electrons. The molecular weight excluding hydrogens is 318 g/mol. The topological polar surface area (TPSA) is 46.1 Å². The molecule has 2 aromatic heterocycles. The fourth-order valence-corrected chi connectivity index (χ4v) is 2.47. The number of carbonyl (C=O) groups is 1. The summed E-state index contributed by atoms with van der Waals surface area (Å²) in [7, 11) is 0. The van der Waals surface area contributed by atoms with Gasteiger partial charge in [-0.05, 0) is 41.4 Å². The summed E-state index contributed by atoms with van der Waals surface area (Å²) in [6.07, 6.45) is 2.86. The van der Waals surface area contributed by atoms with Crippen molar-refractivity contribution in [3.63, 3.8) is 0 Å². The molecule has 0 N–H and O–H groups in total. The van der Waals surface area contributed by atoms with Gasteiger partial charge in [-0.15, -0.1) is 0 Å². The lowest BCUT2D eigenvalue weighted by molar-refractivity contribution is 0.0645. The predicted molar refractivity (Wildman–Crippen MR) is 83.8 cm³/mol. The second-order valence-electron chi connectivity index (χ2n) is 4.48. The number of carbonyl (C=O) groups excluding carboxylic acids is 1. The normalized spacial score (nSPS) is 13.5. The third-order valence-corrected chi connectivity index (χ3v) is 3.74. The molecule has 0 spiro atoms. The highest BCUT2D eigenvalue weighted by atomic mass is 79.9. The Morgan fingerprint density at radius 1 is 1.30 bits per heavy atom. The maximum absolute atomic E-state index is 12.2. The zero-order valence-corrected chi connectivity index (χ0v) is 13.6. The maximum atomic E-state index is 12.2. The molecule has 5 heteroatoms. The summed E-state index contributed by atoms with van der Waals surface area (Å²) in [4.78, 5) is 22.7. The summed E-state index contributed by atoms with van der Waals surface area (Å²) in [5, 5.41) is 0.938. The summed E-state index contributed by atoms with van der Waals surface area (Å²) >= 11 is 3.42. The van der Waals surface area contributed by atoms with Gasteiger partial charge < -0.3 is 4.90 Å². The molecule has 0 atom stereocenters. The van der Waals surface area contributed by atoms with E-state index in [1.54, 1.807) is 6.20 Å². The van der Waals surface area contributed by atoms with Crippen LogP contribution in [0.2, 0.25) is 0 Å². The number of aromatic nitrogens is 2. The Morgan fingerprint density at radius 3 is 2.60 bits per heavy atom. The smallest absolute Gasteiger partial charge is 0.273 e. The summed E-state index contributed by atoms with van der Waals surface area (Å²) in [5.41, 5.74) is 2.21. The van der Waals surface area contributed by atoms with Gasteiger partial charge in [0.25, 0.3) is 5.91 Å². The number of amides is 1. The minimum Gasteiger partial charge on any atom is -0.337 e. The standard InChI is InChI=1S/C13H12BrN3O.C2H6/c1-8-5-11-9(7-15-8)6-10(14)12(16-11)13(18)17-3-2-4-17;1-2/h5-7H,2-4H2,1H3;1-2H3. The molecule has 106 valence electrons. The van der Waals surface area contributed by atoms with Gasteiger partial charge in [-0.1, -0.05) is 13.8 Å². The second kappa shape index (κ2) is 6.31. The Balaban J connectivity index is 0.000000704. The molecule has 1 saturated heterocycles. The quantitative estimate of drug-likeness (QED) is 0.800. The summed E-state index contributed by atoms with van der Waals surface area (Å²) < 4.78 is 0.734. The number of rotatable bonds is 1. The summed E-state index contributed by atoms with van der Waals surface area (Å²) in [6, 6.07) is 3.80. The first-order valence-corrected chi connectivity index (χ1v) is 7.66. The third kappa shape index (κ3) is 2.82. The molecule has 0 aromatic carbocycles. The molecule has 0 aliphatic carbocycles. The van der Waals surface area contributed by atoms with Crippen molar-refractivity contribution in [2.45, 2.75) is 27.2 Å². The lowest BCUT2D eigenvalue weighted by Gasteiger charge is -2.30. The van der Waals surface area contributed by atoms with Gasteiger partial charge >= 0.3 is 0 Å². The van der Waals surface area contributed by atoms with Crippen molar-refractivity contribution in [3.05, 3.63) is 34.2 Å². The van der Waals surface area contributed by atoms with Gasteiger partial charge in [0.05, 0.1) is 5.52 Å². The zero-order valence-electron chi connectivity index (χ0n) is 12.0. The molecule has 3 rings (SSSR count). The molecule has 2 aromatic rings. The van der Waals surface area contributed by atoms with E-state index in [9.17, 15) is 4.79 Å². The van der Waals surface area contributed by atoms with Crippen molar-refractivity contribution >= 4 is 32.7 Å². The van der Waals surface area contributed by atoms with E-state index in [2.05, 4.69) is 25.9 Å². The van der Waals surface area contributed by atoms with Crippen LogP contribution in [0.4, 0.5) is 0 Å². The molecule has 1 aliphatic rings. The van der Waals surface area contributed by atoms with Crippen LogP contribution >= 0.6 is 15.9 Å². The third-order valence-electron chi connectivity index (χ3n) is 3.14. The molecule has 3 heterocycles. The van der Waals surface area contributed by atoms with E-state index >= 15 is 0 Å². The molecule has 0 saturated carbocycles. The van der Waals surface area contributed by atoms with Gasteiger partial charge in [0, 0.05) is 34.8 Å². The van der Waals surface area contributed by atoms with E-state index < -0.39 is 0 Å². The maximum Gasteiger partial charge on any atom is 0.273 e. The van der Waals surface area contributed by atoms with Crippen LogP contribution in [0, 0.1) is 6.92 Å². The lowest BCUT2D eigenvalue weighted by atomic mass is 10.1. The van der Waals surface area contributed by atoms with Crippen LogP contribution < -0.4 is 0 Å². The number of hydrogen-bond acceptors (Lipinski definition) is 3. The van der Waals surface area contributed by atoms with E-state index in [0.29, 0.717) is 5.69 Å². The van der Waals surface area contributed by atoms with Crippen molar-refractivity contribution in [2.24, 2.45) is 0 Å². The first-order valence-electron chi connectivity index (χ1n) is 6.87. The Labute approximate surface area is 127 Å². The Morgan fingerprint density at radius 2 is 2.00 bits per heavy atom. The van der Waals surface area contributed by atoms with Crippen LogP contribution in [0.25, 0.3) is 10.9 Å². The van der Waals surface area contributed by atoms with Crippen molar-refractivity contribution < 1.29 is 4.79 Å². The number of halogens is 1. The van der Waals surface area contributed by atoms with E-state index in [1.165, 1.54) is 0 Å². The first-order chi connectivity index (χ1) is 9.65. The SMILES string of the molecule is CC.Cc1cc2nc(C(=O)N3CCC3)c(Br)cc2cn1. The zero-order chi connectivity index (χ0) is 14.7. The molecule has 1 fully saturated rings. The number of likely N-dealkylation sites (tertiary alicyclic amines) is 1. The van der Waals surface area contributed by atoms with Gasteiger partial charge in [-0.25, -0.2) is 4.98 Å². The molecular formula is C15H18BrN3O. The molecule has 1 aliphatic heterocycles. The van der Waals surface area contributed by atoms with E-state index in [1.807, 2.05) is 37.8 Å². The molecule has 0 unspecified atom stereocenters. The Hall–Kier alpha value is -1.49. The van der Waals surface area contributed by atoms with Gasteiger partial charge in [0.15, 0.2) is 0 Å². The molecule has 4 nitrogen and oxygen atoms in total. The fraction of sp³-hybridized carbons (Fsp3) is 0.400. The minimum atomic E-state index is 0.00416. The van der Waals surface area contributed by atoms with Crippen LogP contribution in [0.3, 0.4) is 0 Å². The highest BCUT2D eigenvalue weighted by Crippen LogP contribution is 2.24. The largest absolute Gasteiger partial charge is 0.337 e. The average Bonchev–Trinajstić information content (AvgIpc) is 2.38. The first kappa shape index (κ1) is 14.9. The second-order valence-corrected chi connectivity index (χ2v) is 5.34. The molecule has 1 amide bonds. The van der Waals surface area contributed by atoms with Crippen molar-refractivity contribution in [1.82, 2.24) is 14.9 Å².